The van der Waals surface area contributed by atoms with Gasteiger partial charge in [-0.05, 0) is 55.8 Å². The third kappa shape index (κ3) is 4.20. The molecule has 0 radical (unpaired) electrons. The highest BCUT2D eigenvalue weighted by Gasteiger charge is 2.26. The predicted octanol–water partition coefficient (Wildman–Crippen LogP) is 4.07. The molecule has 110 valence electrons. The van der Waals surface area contributed by atoms with Crippen LogP contribution in [-0.4, -0.2) is 30.6 Å². The molecule has 1 unspecified atom stereocenters. The van der Waals surface area contributed by atoms with Gasteiger partial charge >= 0.3 is 0 Å². The van der Waals surface area contributed by atoms with Crippen molar-refractivity contribution >= 4 is 27.5 Å². The van der Waals surface area contributed by atoms with Gasteiger partial charge in [0.05, 0.1) is 0 Å². The lowest BCUT2D eigenvalue weighted by Gasteiger charge is -2.26. The number of rotatable bonds is 6. The van der Waals surface area contributed by atoms with Crippen LogP contribution in [0.1, 0.15) is 31.2 Å². The van der Waals surface area contributed by atoms with Crippen LogP contribution < -0.4 is 5.32 Å². The van der Waals surface area contributed by atoms with E-state index in [0.717, 1.165) is 28.5 Å². The van der Waals surface area contributed by atoms with E-state index in [2.05, 4.69) is 38.3 Å². The smallest absolute Gasteiger partial charge is 0.0462 e. The van der Waals surface area contributed by atoms with E-state index in [-0.39, 0.29) is 0 Å². The number of nitrogens with one attached hydrogen (secondary N) is 1. The first-order valence-corrected chi connectivity index (χ1v) is 8.77. The van der Waals surface area contributed by atoms with Gasteiger partial charge in [-0.25, -0.2) is 0 Å². The quantitative estimate of drug-likeness (QED) is 0.825. The highest BCUT2D eigenvalue weighted by molar-refractivity contribution is 9.10. The normalized spacial score (nSPS) is 22.6. The van der Waals surface area contributed by atoms with Gasteiger partial charge in [-0.15, -0.1) is 0 Å². The summed E-state index contributed by atoms with van der Waals surface area (Å²) < 4.78 is 1.05. The van der Waals surface area contributed by atoms with E-state index in [1.54, 1.807) is 0 Å². The van der Waals surface area contributed by atoms with Crippen molar-refractivity contribution < 1.29 is 0 Å². The van der Waals surface area contributed by atoms with E-state index >= 15 is 0 Å². The summed E-state index contributed by atoms with van der Waals surface area (Å²) in [6, 6.07) is 6.90. The van der Waals surface area contributed by atoms with E-state index in [1.165, 1.54) is 44.3 Å². The summed E-state index contributed by atoms with van der Waals surface area (Å²) in [4.78, 5) is 2.59. The van der Waals surface area contributed by atoms with Crippen LogP contribution in [0.15, 0.2) is 22.7 Å². The Bertz CT molecular complexity index is 456. The molecule has 1 N–H and O–H groups in total. The molecule has 3 rings (SSSR count). The molecule has 1 aliphatic carbocycles. The lowest BCUT2D eigenvalue weighted by atomic mass is 10.1. The zero-order valence-corrected chi connectivity index (χ0v) is 14.1. The van der Waals surface area contributed by atoms with Gasteiger partial charge in [-0.3, -0.25) is 4.90 Å². The van der Waals surface area contributed by atoms with Crippen molar-refractivity contribution in [2.75, 3.05) is 19.6 Å². The molecule has 4 heteroatoms. The van der Waals surface area contributed by atoms with Crippen LogP contribution in [0.5, 0.6) is 0 Å². The molecule has 0 aromatic heterocycles. The van der Waals surface area contributed by atoms with Crippen LogP contribution in [0.2, 0.25) is 5.02 Å². The second-order valence-electron chi connectivity index (χ2n) is 6.17. The first-order valence-electron chi connectivity index (χ1n) is 7.60. The Kier molecular flexibility index (Phi) is 5.03. The fraction of sp³-hybridized carbons (Fsp3) is 0.625. The Labute approximate surface area is 135 Å². The van der Waals surface area contributed by atoms with Crippen molar-refractivity contribution in [2.45, 2.75) is 38.3 Å². The minimum Gasteiger partial charge on any atom is -0.313 e. The van der Waals surface area contributed by atoms with Gasteiger partial charge in [0.2, 0.25) is 0 Å². The summed E-state index contributed by atoms with van der Waals surface area (Å²) in [5.74, 6) is 0.922. The Balaban J connectivity index is 1.64. The van der Waals surface area contributed by atoms with Crippen LogP contribution in [-0.2, 0) is 6.54 Å². The molecule has 2 nitrogen and oxygen atoms in total. The van der Waals surface area contributed by atoms with Gasteiger partial charge in [-0.2, -0.15) is 0 Å². The molecule has 0 bridgehead atoms. The lowest BCUT2D eigenvalue weighted by Crippen LogP contribution is -2.38. The SMILES string of the molecule is Clc1cc(Br)ccc1CN(CC1CC1)CC1CCCN1. The maximum Gasteiger partial charge on any atom is 0.0462 e. The Morgan fingerprint density at radius 3 is 2.75 bits per heavy atom. The molecule has 1 aromatic carbocycles. The third-order valence-electron chi connectivity index (χ3n) is 4.26. The van der Waals surface area contributed by atoms with Crippen molar-refractivity contribution in [3.63, 3.8) is 0 Å². The van der Waals surface area contributed by atoms with E-state index in [9.17, 15) is 0 Å². The second-order valence-corrected chi connectivity index (χ2v) is 7.49. The van der Waals surface area contributed by atoms with Gasteiger partial charge in [-0.1, -0.05) is 33.6 Å². The van der Waals surface area contributed by atoms with Gasteiger partial charge in [0.25, 0.3) is 0 Å². The summed E-state index contributed by atoms with van der Waals surface area (Å²) in [6.45, 7) is 4.54. The lowest BCUT2D eigenvalue weighted by molar-refractivity contribution is 0.232. The number of benzene rings is 1. The molecule has 0 spiro atoms. The summed E-state index contributed by atoms with van der Waals surface area (Å²) in [6.07, 6.45) is 5.45. The van der Waals surface area contributed by atoms with Gasteiger partial charge in [0.1, 0.15) is 0 Å². The van der Waals surface area contributed by atoms with E-state index < -0.39 is 0 Å². The third-order valence-corrected chi connectivity index (χ3v) is 5.11. The van der Waals surface area contributed by atoms with Crippen LogP contribution in [0, 0.1) is 5.92 Å². The summed E-state index contributed by atoms with van der Waals surface area (Å²) in [5, 5.41) is 4.48. The summed E-state index contributed by atoms with van der Waals surface area (Å²) in [7, 11) is 0. The average molecular weight is 358 g/mol. The van der Waals surface area contributed by atoms with Crippen LogP contribution in [0.3, 0.4) is 0 Å². The zero-order chi connectivity index (χ0) is 13.9. The molecular weight excluding hydrogens is 336 g/mol. The number of hydrogen-bond donors (Lipinski definition) is 1. The monoisotopic (exact) mass is 356 g/mol. The van der Waals surface area contributed by atoms with E-state index in [4.69, 9.17) is 11.6 Å². The molecule has 2 aliphatic rings. The first-order chi connectivity index (χ1) is 9.70. The largest absolute Gasteiger partial charge is 0.313 e. The summed E-state index contributed by atoms with van der Waals surface area (Å²) in [5.41, 5.74) is 1.24. The highest BCUT2D eigenvalue weighted by Crippen LogP contribution is 2.31. The Morgan fingerprint density at radius 1 is 1.25 bits per heavy atom. The molecule has 1 heterocycles. The van der Waals surface area contributed by atoms with Crippen molar-refractivity contribution in [1.82, 2.24) is 10.2 Å². The number of halogens is 2. The van der Waals surface area contributed by atoms with Crippen molar-refractivity contribution in [1.29, 1.82) is 0 Å². The highest BCUT2D eigenvalue weighted by atomic mass is 79.9. The molecule has 1 saturated heterocycles. The molecule has 1 saturated carbocycles. The zero-order valence-electron chi connectivity index (χ0n) is 11.7. The maximum atomic E-state index is 6.37. The maximum absolute atomic E-state index is 6.37. The van der Waals surface area contributed by atoms with Crippen molar-refractivity contribution in [2.24, 2.45) is 5.92 Å². The minimum atomic E-state index is 0.669. The average Bonchev–Trinajstić information content (AvgIpc) is 3.07. The second kappa shape index (κ2) is 6.78. The van der Waals surface area contributed by atoms with Gasteiger partial charge in [0.15, 0.2) is 0 Å². The molecule has 1 aromatic rings. The molecule has 1 aliphatic heterocycles. The van der Waals surface area contributed by atoms with Gasteiger partial charge in [0, 0.05) is 35.2 Å². The number of nitrogens with zero attached hydrogens (tertiary/aromatic N) is 1. The first kappa shape index (κ1) is 14.8. The van der Waals surface area contributed by atoms with Crippen molar-refractivity contribution in [3.05, 3.63) is 33.3 Å². The molecular formula is C16H22BrClN2. The Hall–Kier alpha value is -0.0900. The summed E-state index contributed by atoms with van der Waals surface area (Å²) >= 11 is 9.85. The van der Waals surface area contributed by atoms with Crippen LogP contribution in [0.25, 0.3) is 0 Å². The van der Waals surface area contributed by atoms with Crippen LogP contribution in [0.4, 0.5) is 0 Å². The van der Waals surface area contributed by atoms with Crippen molar-refractivity contribution in [3.8, 4) is 0 Å². The topological polar surface area (TPSA) is 15.3 Å². The number of hydrogen-bond acceptors (Lipinski definition) is 2. The minimum absolute atomic E-state index is 0.669. The molecule has 20 heavy (non-hydrogen) atoms. The van der Waals surface area contributed by atoms with E-state index in [1.807, 2.05) is 6.07 Å². The standard InChI is InChI=1S/C16H22BrClN2/c17-14-6-5-13(16(18)8-14)10-20(9-12-3-4-12)11-15-2-1-7-19-15/h5-6,8,12,15,19H,1-4,7,9-11H2. The Morgan fingerprint density at radius 2 is 2.10 bits per heavy atom. The fourth-order valence-electron chi connectivity index (χ4n) is 2.98. The predicted molar refractivity (Wildman–Crippen MR) is 88.2 cm³/mol. The molecule has 2 fully saturated rings. The molecule has 0 amide bonds. The van der Waals surface area contributed by atoms with Crippen LogP contribution >= 0.6 is 27.5 Å². The molecule has 1 atom stereocenters. The van der Waals surface area contributed by atoms with E-state index in [0.29, 0.717) is 6.04 Å². The van der Waals surface area contributed by atoms with Gasteiger partial charge < -0.3 is 5.32 Å². The fourth-order valence-corrected chi connectivity index (χ4v) is 3.72.